The molecule has 4 aromatic rings. The van der Waals surface area contributed by atoms with E-state index in [0.29, 0.717) is 22.7 Å². The van der Waals surface area contributed by atoms with Crippen LogP contribution in [-0.4, -0.2) is 58.1 Å². The number of hydrogen-bond donors (Lipinski definition) is 1. The molecule has 0 aliphatic rings. The number of benzene rings is 2. The van der Waals surface area contributed by atoms with Gasteiger partial charge in [0.05, 0.1) is 41.6 Å². The summed E-state index contributed by atoms with van der Waals surface area (Å²) in [5, 5.41) is 4.16. The van der Waals surface area contributed by atoms with Crippen LogP contribution in [0.4, 0.5) is 16.3 Å². The van der Waals surface area contributed by atoms with Gasteiger partial charge in [-0.1, -0.05) is 32.0 Å². The van der Waals surface area contributed by atoms with Crippen molar-refractivity contribution in [3.63, 3.8) is 0 Å². The van der Waals surface area contributed by atoms with Crippen molar-refractivity contribution in [2.24, 2.45) is 23.1 Å². The maximum atomic E-state index is 13.7. The van der Waals surface area contributed by atoms with Crippen molar-refractivity contribution in [1.82, 2.24) is 14.5 Å². The number of fused-ring (bicyclic) bond motifs is 1. The van der Waals surface area contributed by atoms with Crippen LogP contribution in [0.15, 0.2) is 77.1 Å². The minimum atomic E-state index is -3.92. The molecular weight excluding hydrogens is 616 g/mol. The van der Waals surface area contributed by atoms with Gasteiger partial charge in [-0.25, -0.2) is 19.8 Å². The summed E-state index contributed by atoms with van der Waals surface area (Å²) in [5.74, 6) is -0.636. The Kier molecular flexibility index (Phi) is 8.22. The molecule has 252 valence electrons. The highest BCUT2D eigenvalue weighted by Crippen LogP contribution is 2.23. The SMILES string of the molecule is [2H]C([2H])([2H])C([2H])([2H])C([2H])([2H])C([2H])([2H])C([2H])([2H])COC(=O)N=C(N)c1ccc(N(Cc2nc3cc(C(=O)N(CCC(=O)OCC)c4ccccn4)ccc3n2C)N=O)cc1. The molecule has 2 aromatic heterocycles. The lowest BCUT2D eigenvalue weighted by atomic mass is 10.1. The van der Waals surface area contributed by atoms with Gasteiger partial charge >= 0.3 is 12.1 Å². The van der Waals surface area contributed by atoms with Gasteiger partial charge < -0.3 is 19.8 Å². The fourth-order valence-electron chi connectivity index (χ4n) is 4.46. The number of aromatic nitrogens is 3. The van der Waals surface area contributed by atoms with Gasteiger partial charge in [-0.05, 0) is 67.9 Å². The van der Waals surface area contributed by atoms with Crippen molar-refractivity contribution in [3.8, 4) is 0 Å². The number of carbonyl (C=O) groups excluding carboxylic acids is 3. The number of aryl methyl sites for hydroxylation is 1. The minimum absolute atomic E-state index is 0.0140. The molecule has 2 aromatic carbocycles. The van der Waals surface area contributed by atoms with Gasteiger partial charge in [0, 0.05) is 46.0 Å². The first-order chi connectivity index (χ1) is 27.4. The van der Waals surface area contributed by atoms with Crippen LogP contribution < -0.4 is 15.6 Å². The van der Waals surface area contributed by atoms with Crippen LogP contribution in [0.2, 0.25) is 0 Å². The monoisotopic (exact) mass is 667 g/mol. The standard InChI is InChI=1S/C34H40N8O6/c1-4-6-7-10-21-48-34(45)38-32(35)24-12-15-26(16-13-24)42(39-46)23-30-37-27-22-25(14-17-28(27)40(30)3)33(44)41(20-18-31(43)47-5-2)29-11-8-9-19-36-29/h8-9,11-17,19,22H,4-7,10,18,20-21,23H2,1-3H3,(H2,35,38,45)/i1D3,4D2,6D2,7D2,10D2. The minimum Gasteiger partial charge on any atom is -0.466 e. The second-order valence-electron chi connectivity index (χ2n) is 9.78. The van der Waals surface area contributed by atoms with Crippen molar-refractivity contribution >= 4 is 46.3 Å². The maximum Gasteiger partial charge on any atom is 0.435 e. The van der Waals surface area contributed by atoms with Gasteiger partial charge in [-0.2, -0.15) is 4.99 Å². The first-order valence-electron chi connectivity index (χ1n) is 20.0. The number of aliphatic imine (C=N–C) groups is 1. The van der Waals surface area contributed by atoms with Crippen molar-refractivity contribution in [2.75, 3.05) is 29.7 Å². The van der Waals surface area contributed by atoms with Gasteiger partial charge in [-0.3, -0.25) is 14.5 Å². The Hall–Kier alpha value is -5.66. The molecule has 48 heavy (non-hydrogen) atoms. The fraction of sp³-hybridized carbons (Fsp3) is 0.353. The van der Waals surface area contributed by atoms with E-state index in [4.69, 9.17) is 25.5 Å². The lowest BCUT2D eigenvalue weighted by Gasteiger charge is -2.21. The number of ether oxygens (including phenoxy) is 2. The Morgan fingerprint density at radius 1 is 1.04 bits per heavy atom. The van der Waals surface area contributed by atoms with Gasteiger partial charge in [0.25, 0.3) is 5.91 Å². The van der Waals surface area contributed by atoms with E-state index in [2.05, 4.69) is 25.0 Å². The molecule has 2 N–H and O–H groups in total. The molecule has 0 atom stereocenters. The number of amidine groups is 1. The van der Waals surface area contributed by atoms with Crippen LogP contribution in [0.1, 0.15) is 82.5 Å². The fourth-order valence-corrected chi connectivity index (χ4v) is 4.46. The molecular formula is C34H40N8O6. The number of esters is 1. The third-order valence-corrected chi connectivity index (χ3v) is 6.78. The van der Waals surface area contributed by atoms with Crippen LogP contribution in [0, 0.1) is 4.91 Å². The van der Waals surface area contributed by atoms with Crippen LogP contribution >= 0.6 is 0 Å². The molecule has 0 bridgehead atoms. The highest BCUT2D eigenvalue weighted by atomic mass is 16.5. The third kappa shape index (κ3) is 9.21. The summed E-state index contributed by atoms with van der Waals surface area (Å²) in [6.45, 7) is -3.38. The largest absolute Gasteiger partial charge is 0.466 e. The summed E-state index contributed by atoms with van der Waals surface area (Å²) in [5.41, 5.74) is 7.62. The van der Waals surface area contributed by atoms with E-state index < -0.39 is 62.8 Å². The zero-order chi connectivity index (χ0) is 44.1. The van der Waals surface area contributed by atoms with Crippen LogP contribution in [0.5, 0.6) is 0 Å². The molecule has 2 amide bonds. The summed E-state index contributed by atoms with van der Waals surface area (Å²) >= 11 is 0. The number of nitroso groups, excluding NO2 is 1. The number of imidazole rings is 1. The molecule has 2 heterocycles. The average molecular weight is 668 g/mol. The van der Waals surface area contributed by atoms with Crippen molar-refractivity contribution in [1.29, 1.82) is 0 Å². The zero-order valence-electron chi connectivity index (χ0n) is 37.0. The number of nitrogens with two attached hydrogens (primary N) is 1. The Balaban J connectivity index is 1.47. The van der Waals surface area contributed by atoms with E-state index >= 15 is 0 Å². The summed E-state index contributed by atoms with van der Waals surface area (Å²) in [6.07, 6.45) is -15.1. The van der Waals surface area contributed by atoms with Gasteiger partial charge in [0.2, 0.25) is 0 Å². The Bertz CT molecular complexity index is 2200. The number of rotatable bonds is 16. The third-order valence-electron chi connectivity index (χ3n) is 6.78. The van der Waals surface area contributed by atoms with Crippen molar-refractivity contribution in [3.05, 3.63) is 88.7 Å². The van der Waals surface area contributed by atoms with Crippen LogP contribution in [-0.2, 0) is 27.9 Å². The van der Waals surface area contributed by atoms with Gasteiger partial charge in [-0.15, -0.1) is 4.91 Å². The van der Waals surface area contributed by atoms with Gasteiger partial charge in [0.15, 0.2) is 0 Å². The topological polar surface area (TPSA) is 175 Å². The lowest BCUT2D eigenvalue weighted by molar-refractivity contribution is -0.142. The molecule has 0 aliphatic heterocycles. The van der Waals surface area contributed by atoms with Gasteiger partial charge in [0.1, 0.15) is 24.0 Å². The van der Waals surface area contributed by atoms with E-state index in [1.54, 1.807) is 54.9 Å². The Morgan fingerprint density at radius 2 is 1.83 bits per heavy atom. The van der Waals surface area contributed by atoms with E-state index in [1.807, 2.05) is 0 Å². The van der Waals surface area contributed by atoms with Crippen molar-refractivity contribution < 1.29 is 38.9 Å². The van der Waals surface area contributed by atoms with E-state index in [1.165, 1.54) is 35.4 Å². The zero-order valence-corrected chi connectivity index (χ0v) is 26.0. The number of nitrogens with zero attached hydrogens (tertiary/aromatic N) is 7. The Morgan fingerprint density at radius 3 is 2.54 bits per heavy atom. The molecule has 0 fully saturated rings. The lowest BCUT2D eigenvalue weighted by Crippen LogP contribution is -2.34. The average Bonchev–Trinajstić information content (AvgIpc) is 3.49. The predicted molar refractivity (Wildman–Crippen MR) is 183 cm³/mol. The number of hydrogen-bond acceptors (Lipinski definition) is 9. The quantitative estimate of drug-likeness (QED) is 0.0515. The highest BCUT2D eigenvalue weighted by molar-refractivity contribution is 6.07. The van der Waals surface area contributed by atoms with E-state index in [0.717, 1.165) is 5.01 Å². The summed E-state index contributed by atoms with van der Waals surface area (Å²) in [7, 11) is 1.71. The summed E-state index contributed by atoms with van der Waals surface area (Å²) in [4.78, 5) is 64.0. The molecule has 0 unspecified atom stereocenters. The first-order valence-corrected chi connectivity index (χ1v) is 14.5. The summed E-state index contributed by atoms with van der Waals surface area (Å²) < 4.78 is 96.2. The number of carbonyl (C=O) groups is 3. The van der Waals surface area contributed by atoms with Crippen LogP contribution in [0.25, 0.3) is 11.0 Å². The molecule has 0 saturated heterocycles. The van der Waals surface area contributed by atoms with E-state index in [9.17, 15) is 19.3 Å². The summed E-state index contributed by atoms with van der Waals surface area (Å²) in [6, 6.07) is 15.5. The number of anilines is 2. The van der Waals surface area contributed by atoms with E-state index in [-0.39, 0.29) is 42.9 Å². The van der Waals surface area contributed by atoms with Crippen LogP contribution in [0.3, 0.4) is 0 Å². The molecule has 0 aliphatic carbocycles. The number of amides is 2. The second-order valence-corrected chi connectivity index (χ2v) is 9.78. The number of pyridine rings is 1. The molecule has 4 rings (SSSR count). The molecule has 14 nitrogen and oxygen atoms in total. The smallest absolute Gasteiger partial charge is 0.435 e. The predicted octanol–water partition coefficient (Wildman–Crippen LogP) is 5.68. The molecule has 14 heteroatoms. The molecule has 0 radical (unpaired) electrons. The molecule has 0 spiro atoms. The normalized spacial score (nSPS) is 16.1. The first kappa shape index (κ1) is 22.8. The maximum absolute atomic E-state index is 13.7. The molecule has 0 saturated carbocycles. The Labute approximate surface area is 294 Å². The highest BCUT2D eigenvalue weighted by Gasteiger charge is 2.22. The van der Waals surface area contributed by atoms with Crippen molar-refractivity contribution in [2.45, 2.75) is 52.2 Å². The second kappa shape index (κ2) is 17.3.